The monoisotopic (exact) mass is 366 g/mol. The van der Waals surface area contributed by atoms with Crippen molar-refractivity contribution in [3.05, 3.63) is 54.1 Å². The van der Waals surface area contributed by atoms with Gasteiger partial charge >= 0.3 is 0 Å². The van der Waals surface area contributed by atoms with Crippen molar-refractivity contribution in [2.45, 2.75) is 29.1 Å². The maximum absolute atomic E-state index is 13.1. The lowest BCUT2D eigenvalue weighted by Crippen LogP contribution is -2.32. The molecule has 24 heavy (non-hydrogen) atoms. The highest BCUT2D eigenvalue weighted by atomic mass is 32.2. The molecule has 0 amide bonds. The van der Waals surface area contributed by atoms with Crippen molar-refractivity contribution in [1.82, 2.24) is 0 Å². The number of nitrogens with two attached hydrogens (primary N) is 1. The number of hydrogen-bond donors (Lipinski definition) is 1. The minimum absolute atomic E-state index is 0.0780. The zero-order valence-corrected chi connectivity index (χ0v) is 14.6. The summed E-state index contributed by atoms with van der Waals surface area (Å²) in [6.45, 7) is 0.360. The summed E-state index contributed by atoms with van der Waals surface area (Å²) in [6.07, 6.45) is 2.46. The van der Waals surface area contributed by atoms with Crippen molar-refractivity contribution in [2.24, 2.45) is 5.14 Å². The molecule has 2 N–H and O–H groups in total. The van der Waals surface area contributed by atoms with Crippen molar-refractivity contribution in [3.63, 3.8) is 0 Å². The molecule has 0 radical (unpaired) electrons. The average molecular weight is 366 g/mol. The largest absolute Gasteiger partial charge is 0.266 e. The highest BCUT2D eigenvalue weighted by molar-refractivity contribution is 7.93. The van der Waals surface area contributed by atoms with Gasteiger partial charge in [-0.3, -0.25) is 4.31 Å². The van der Waals surface area contributed by atoms with E-state index in [1.165, 1.54) is 22.5 Å². The zero-order chi connectivity index (χ0) is 17.4. The SMILES string of the molecule is NS(=O)(=O)c1cccc(S(=O)(=O)N2CCCCc3ccccc32)c1. The molecule has 0 unspecified atom stereocenters. The first-order chi connectivity index (χ1) is 11.3. The fourth-order valence-electron chi connectivity index (χ4n) is 2.85. The normalized spacial score (nSPS) is 15.6. The van der Waals surface area contributed by atoms with Crippen LogP contribution in [0.2, 0.25) is 0 Å². The Kier molecular flexibility index (Phi) is 4.37. The molecule has 0 saturated carbocycles. The Bertz CT molecular complexity index is 969. The van der Waals surface area contributed by atoms with Gasteiger partial charge in [-0.25, -0.2) is 22.0 Å². The van der Waals surface area contributed by atoms with E-state index < -0.39 is 20.0 Å². The van der Waals surface area contributed by atoms with Crippen LogP contribution in [-0.2, 0) is 26.5 Å². The van der Waals surface area contributed by atoms with Crippen LogP contribution in [0.25, 0.3) is 0 Å². The van der Waals surface area contributed by atoms with Crippen LogP contribution in [0.5, 0.6) is 0 Å². The van der Waals surface area contributed by atoms with Crippen molar-refractivity contribution in [1.29, 1.82) is 0 Å². The highest BCUT2D eigenvalue weighted by Gasteiger charge is 2.28. The maximum Gasteiger partial charge on any atom is 0.264 e. The van der Waals surface area contributed by atoms with Crippen LogP contribution < -0.4 is 9.44 Å². The first-order valence-electron chi connectivity index (χ1n) is 7.54. The summed E-state index contributed by atoms with van der Waals surface area (Å²) in [5.41, 5.74) is 1.62. The van der Waals surface area contributed by atoms with Crippen LogP contribution in [0.15, 0.2) is 58.3 Å². The maximum atomic E-state index is 13.1. The van der Waals surface area contributed by atoms with Crippen LogP contribution in [-0.4, -0.2) is 23.4 Å². The number of anilines is 1. The summed E-state index contributed by atoms with van der Waals surface area (Å²) < 4.78 is 50.5. The third-order valence-corrected chi connectivity index (χ3v) is 6.76. The number of fused-ring (bicyclic) bond motifs is 1. The standard InChI is InChI=1S/C16H18N2O4S2/c17-23(19,20)14-8-5-9-15(12-14)24(21,22)18-11-4-3-7-13-6-1-2-10-16(13)18/h1-2,5-6,8-10,12H,3-4,7,11H2,(H2,17,19,20). The molecule has 2 aromatic carbocycles. The third-order valence-electron chi connectivity index (χ3n) is 4.04. The van der Waals surface area contributed by atoms with Gasteiger partial charge in [0.05, 0.1) is 15.5 Å². The minimum atomic E-state index is -3.97. The quantitative estimate of drug-likeness (QED) is 0.896. The third kappa shape index (κ3) is 3.17. The van der Waals surface area contributed by atoms with Crippen molar-refractivity contribution in [3.8, 4) is 0 Å². The smallest absolute Gasteiger partial charge is 0.264 e. The van der Waals surface area contributed by atoms with Crippen LogP contribution in [0, 0.1) is 0 Å². The van der Waals surface area contributed by atoms with E-state index in [4.69, 9.17) is 5.14 Å². The number of sulfonamides is 2. The van der Waals surface area contributed by atoms with Gasteiger partial charge in [-0.2, -0.15) is 0 Å². The van der Waals surface area contributed by atoms with Gasteiger partial charge in [0.1, 0.15) is 0 Å². The van der Waals surface area contributed by atoms with Gasteiger partial charge in [-0.05, 0) is 49.1 Å². The molecule has 0 spiro atoms. The van der Waals surface area contributed by atoms with Gasteiger partial charge in [0, 0.05) is 6.54 Å². The predicted molar refractivity (Wildman–Crippen MR) is 91.7 cm³/mol. The van der Waals surface area contributed by atoms with E-state index in [0.717, 1.165) is 30.9 Å². The Morgan fingerprint density at radius 3 is 2.33 bits per heavy atom. The van der Waals surface area contributed by atoms with Gasteiger partial charge in [0.25, 0.3) is 10.0 Å². The van der Waals surface area contributed by atoms with Crippen molar-refractivity contribution in [2.75, 3.05) is 10.8 Å². The second-order valence-corrected chi connectivity index (χ2v) is 9.11. The van der Waals surface area contributed by atoms with E-state index in [0.29, 0.717) is 12.2 Å². The summed E-state index contributed by atoms with van der Waals surface area (Å²) in [7, 11) is -7.84. The molecule has 0 atom stereocenters. The number of rotatable bonds is 3. The Morgan fingerprint density at radius 2 is 1.58 bits per heavy atom. The molecule has 1 heterocycles. The van der Waals surface area contributed by atoms with E-state index in [9.17, 15) is 16.8 Å². The molecule has 3 rings (SSSR count). The number of hydrogen-bond acceptors (Lipinski definition) is 4. The first kappa shape index (κ1) is 16.9. The number of benzene rings is 2. The van der Waals surface area contributed by atoms with Crippen LogP contribution in [0.1, 0.15) is 18.4 Å². The molecule has 0 aliphatic carbocycles. The second kappa shape index (κ2) is 6.19. The van der Waals surface area contributed by atoms with Gasteiger partial charge < -0.3 is 0 Å². The Hall–Kier alpha value is -1.90. The average Bonchev–Trinajstić information content (AvgIpc) is 2.77. The molecule has 0 fully saturated rings. The predicted octanol–water partition coefficient (Wildman–Crippen LogP) is 1.87. The molecule has 1 aliphatic rings. The lowest BCUT2D eigenvalue weighted by Gasteiger charge is -2.24. The topological polar surface area (TPSA) is 97.5 Å². The van der Waals surface area contributed by atoms with E-state index in [-0.39, 0.29) is 9.79 Å². The fourth-order valence-corrected chi connectivity index (χ4v) is 5.07. The Balaban J connectivity index is 2.12. The summed E-state index contributed by atoms with van der Waals surface area (Å²) in [5, 5.41) is 5.11. The van der Waals surface area contributed by atoms with E-state index in [2.05, 4.69) is 0 Å². The van der Waals surface area contributed by atoms with E-state index in [1.807, 2.05) is 12.1 Å². The van der Waals surface area contributed by atoms with E-state index in [1.54, 1.807) is 12.1 Å². The zero-order valence-electron chi connectivity index (χ0n) is 12.9. The highest BCUT2D eigenvalue weighted by Crippen LogP contribution is 2.31. The molecule has 6 nitrogen and oxygen atoms in total. The molecule has 128 valence electrons. The van der Waals surface area contributed by atoms with Gasteiger partial charge in [-0.1, -0.05) is 24.3 Å². The minimum Gasteiger partial charge on any atom is -0.266 e. The fraction of sp³-hybridized carbons (Fsp3) is 0.250. The summed E-state index contributed by atoms with van der Waals surface area (Å²) in [6, 6.07) is 12.5. The summed E-state index contributed by atoms with van der Waals surface area (Å²) in [5.74, 6) is 0. The Labute approximate surface area is 142 Å². The molecule has 8 heteroatoms. The number of primary sulfonamides is 1. The summed E-state index contributed by atoms with van der Waals surface area (Å²) >= 11 is 0. The molecule has 1 aliphatic heterocycles. The van der Waals surface area contributed by atoms with Crippen LogP contribution >= 0.6 is 0 Å². The molecular weight excluding hydrogens is 348 g/mol. The molecule has 0 saturated heterocycles. The number of aryl methyl sites for hydroxylation is 1. The van der Waals surface area contributed by atoms with Gasteiger partial charge in [0.15, 0.2) is 0 Å². The van der Waals surface area contributed by atoms with E-state index >= 15 is 0 Å². The van der Waals surface area contributed by atoms with Crippen LogP contribution in [0.4, 0.5) is 5.69 Å². The second-order valence-electron chi connectivity index (χ2n) is 5.68. The molecule has 0 bridgehead atoms. The lowest BCUT2D eigenvalue weighted by atomic mass is 10.1. The number of para-hydroxylation sites is 1. The molecular formula is C16H18N2O4S2. The van der Waals surface area contributed by atoms with Crippen molar-refractivity contribution >= 4 is 25.7 Å². The lowest BCUT2D eigenvalue weighted by molar-refractivity contribution is 0.589. The van der Waals surface area contributed by atoms with Crippen LogP contribution in [0.3, 0.4) is 0 Å². The Morgan fingerprint density at radius 1 is 0.875 bits per heavy atom. The molecule has 2 aromatic rings. The first-order valence-corrected chi connectivity index (χ1v) is 10.5. The van der Waals surface area contributed by atoms with Crippen molar-refractivity contribution < 1.29 is 16.8 Å². The number of nitrogens with zero attached hydrogens (tertiary/aromatic N) is 1. The van der Waals surface area contributed by atoms with Gasteiger partial charge in [0.2, 0.25) is 10.0 Å². The molecule has 0 aromatic heterocycles. The van der Waals surface area contributed by atoms with Gasteiger partial charge in [-0.15, -0.1) is 0 Å². The summed E-state index contributed by atoms with van der Waals surface area (Å²) in [4.78, 5) is -0.294.